The van der Waals surface area contributed by atoms with E-state index in [0.29, 0.717) is 17.0 Å². The van der Waals surface area contributed by atoms with Gasteiger partial charge in [0, 0.05) is 19.6 Å². The van der Waals surface area contributed by atoms with Gasteiger partial charge in [0.25, 0.3) is 5.88 Å². The Morgan fingerprint density at radius 2 is 2.00 bits per heavy atom. The average Bonchev–Trinajstić information content (AvgIpc) is 2.54. The van der Waals surface area contributed by atoms with Crippen LogP contribution in [-0.4, -0.2) is 47.4 Å². The average molecular weight is 444 g/mol. The molecule has 1 aromatic rings. The van der Waals surface area contributed by atoms with Crippen molar-refractivity contribution in [2.24, 2.45) is 11.1 Å². The second kappa shape index (κ2) is 8.28. The molecule has 0 aliphatic carbocycles. The Morgan fingerprint density at radius 1 is 1.37 bits per heavy atom. The summed E-state index contributed by atoms with van der Waals surface area (Å²) in [6, 6.07) is 0. The van der Waals surface area contributed by atoms with Gasteiger partial charge < -0.3 is 25.4 Å². The van der Waals surface area contributed by atoms with Gasteiger partial charge in [-0.3, -0.25) is 0 Å². The first-order chi connectivity index (χ1) is 12.5. The van der Waals surface area contributed by atoms with Crippen molar-refractivity contribution in [1.82, 2.24) is 15.3 Å². The molecule has 2 heterocycles. The number of alkyl carbamates (subject to hydrolysis) is 1. The zero-order chi connectivity index (χ0) is 20.2. The van der Waals surface area contributed by atoms with Crippen LogP contribution in [-0.2, 0) is 4.74 Å². The molecule has 1 aromatic heterocycles. The zero-order valence-corrected chi connectivity index (χ0v) is 17.6. The minimum absolute atomic E-state index is 0.0389. The van der Waals surface area contributed by atoms with Gasteiger partial charge in [-0.15, -0.1) is 0 Å². The van der Waals surface area contributed by atoms with Crippen LogP contribution in [0.4, 0.5) is 15.4 Å². The largest absolute Gasteiger partial charge is 0.444 e. The summed E-state index contributed by atoms with van der Waals surface area (Å²) in [5.41, 5.74) is 4.49. The molecular formula is C17H26BrN5O4. The summed E-state index contributed by atoms with van der Waals surface area (Å²) in [5.74, 6) is 0.650. The summed E-state index contributed by atoms with van der Waals surface area (Å²) in [4.78, 5) is 33.3. The first kappa shape index (κ1) is 21.2. The number of anilines is 1. The van der Waals surface area contributed by atoms with Crippen LogP contribution in [0.1, 0.15) is 40.5 Å². The van der Waals surface area contributed by atoms with Gasteiger partial charge in [0.05, 0.1) is 6.20 Å². The van der Waals surface area contributed by atoms with Gasteiger partial charge in [0.15, 0.2) is 10.4 Å². The van der Waals surface area contributed by atoms with Crippen molar-refractivity contribution in [3.63, 3.8) is 0 Å². The van der Waals surface area contributed by atoms with Gasteiger partial charge in [-0.2, -0.15) is 4.98 Å². The van der Waals surface area contributed by atoms with E-state index >= 15 is 0 Å². The number of rotatable bonds is 4. The molecule has 1 saturated heterocycles. The molecule has 2 rings (SSSR count). The van der Waals surface area contributed by atoms with E-state index in [2.05, 4.69) is 43.0 Å². The first-order valence-electron chi connectivity index (χ1n) is 8.69. The van der Waals surface area contributed by atoms with Crippen LogP contribution < -0.4 is 20.7 Å². The van der Waals surface area contributed by atoms with Gasteiger partial charge in [0.2, 0.25) is 0 Å². The number of ether oxygens (including phenoxy) is 2. The van der Waals surface area contributed by atoms with Gasteiger partial charge in [-0.1, -0.05) is 6.92 Å². The Morgan fingerprint density at radius 3 is 2.56 bits per heavy atom. The number of carbonyl (C=O) groups excluding carboxylic acids is 2. The highest BCUT2D eigenvalue weighted by atomic mass is 79.9. The molecule has 0 aromatic carbocycles. The minimum atomic E-state index is -0.943. The SMILES string of the molecule is CC1(CNC(=O)OC(C)(C)C)CCN(c2cnc(Br)c(OC(N)=O)n2)CC1. The number of aromatic nitrogens is 2. The van der Waals surface area contributed by atoms with E-state index in [4.69, 9.17) is 15.2 Å². The topological polar surface area (TPSA) is 120 Å². The predicted octanol–water partition coefficient (Wildman–Crippen LogP) is 2.83. The summed E-state index contributed by atoms with van der Waals surface area (Å²) in [5, 5.41) is 2.86. The lowest BCUT2D eigenvalue weighted by Gasteiger charge is -2.40. The highest BCUT2D eigenvalue weighted by Crippen LogP contribution is 2.33. The quantitative estimate of drug-likeness (QED) is 0.733. The molecule has 0 bridgehead atoms. The van der Waals surface area contributed by atoms with Crippen LogP contribution in [0.5, 0.6) is 5.88 Å². The van der Waals surface area contributed by atoms with Crippen molar-refractivity contribution < 1.29 is 19.1 Å². The van der Waals surface area contributed by atoms with Crippen molar-refractivity contribution in [2.45, 2.75) is 46.1 Å². The van der Waals surface area contributed by atoms with E-state index in [0.717, 1.165) is 25.9 Å². The molecule has 0 saturated carbocycles. The number of primary amides is 1. The number of piperidine rings is 1. The van der Waals surface area contributed by atoms with E-state index in [-0.39, 0.29) is 11.3 Å². The summed E-state index contributed by atoms with van der Waals surface area (Å²) >= 11 is 3.18. The lowest BCUT2D eigenvalue weighted by Crippen LogP contribution is -2.46. The normalized spacial score (nSPS) is 16.6. The maximum absolute atomic E-state index is 11.9. The Bertz CT molecular complexity index is 699. The molecule has 0 radical (unpaired) electrons. The van der Waals surface area contributed by atoms with Gasteiger partial charge in [-0.25, -0.2) is 14.6 Å². The number of hydrogen-bond donors (Lipinski definition) is 2. The van der Waals surface area contributed by atoms with Crippen LogP contribution in [0.3, 0.4) is 0 Å². The Balaban J connectivity index is 1.92. The molecule has 0 unspecified atom stereocenters. The molecule has 3 N–H and O–H groups in total. The third-order valence-corrected chi connectivity index (χ3v) is 4.78. The summed E-state index contributed by atoms with van der Waals surface area (Å²) in [6.07, 6.45) is 1.97. The number of hydrogen-bond acceptors (Lipinski definition) is 7. The number of nitrogens with two attached hydrogens (primary N) is 1. The van der Waals surface area contributed by atoms with Gasteiger partial charge >= 0.3 is 12.2 Å². The highest BCUT2D eigenvalue weighted by Gasteiger charge is 2.32. The number of nitrogens with one attached hydrogen (secondary N) is 1. The maximum atomic E-state index is 11.9. The molecule has 1 fully saturated rings. The number of amides is 2. The van der Waals surface area contributed by atoms with Crippen LogP contribution in [0.15, 0.2) is 10.8 Å². The summed E-state index contributed by atoms with van der Waals surface area (Å²) in [7, 11) is 0. The lowest BCUT2D eigenvalue weighted by molar-refractivity contribution is 0.0495. The first-order valence-corrected chi connectivity index (χ1v) is 9.48. The molecule has 27 heavy (non-hydrogen) atoms. The number of halogens is 1. The Hall–Kier alpha value is -2.10. The molecule has 9 nitrogen and oxygen atoms in total. The summed E-state index contributed by atoms with van der Waals surface area (Å²) < 4.78 is 10.5. The minimum Gasteiger partial charge on any atom is -0.444 e. The molecule has 150 valence electrons. The van der Waals surface area contributed by atoms with Crippen LogP contribution in [0.2, 0.25) is 0 Å². The lowest BCUT2D eigenvalue weighted by atomic mass is 9.80. The molecular weight excluding hydrogens is 418 g/mol. The molecule has 2 amide bonds. The third kappa shape index (κ3) is 6.53. The fraction of sp³-hybridized carbons (Fsp3) is 0.647. The number of carbonyl (C=O) groups is 2. The van der Waals surface area contributed by atoms with Gasteiger partial charge in [0.1, 0.15) is 5.60 Å². The molecule has 1 aliphatic rings. The molecule has 10 heteroatoms. The Kier molecular flexibility index (Phi) is 6.50. The summed E-state index contributed by atoms with van der Waals surface area (Å²) in [6.45, 7) is 9.65. The number of nitrogens with zero attached hydrogens (tertiary/aromatic N) is 3. The maximum Gasteiger partial charge on any atom is 0.411 e. The molecule has 0 spiro atoms. The van der Waals surface area contributed by atoms with Crippen molar-refractivity contribution in [3.8, 4) is 5.88 Å². The fourth-order valence-corrected chi connectivity index (χ4v) is 2.99. The third-order valence-electron chi connectivity index (χ3n) is 4.24. The fourth-order valence-electron chi connectivity index (χ4n) is 2.71. The smallest absolute Gasteiger partial charge is 0.411 e. The van der Waals surface area contributed by atoms with E-state index < -0.39 is 17.8 Å². The van der Waals surface area contributed by atoms with Crippen molar-refractivity contribution in [2.75, 3.05) is 24.5 Å². The van der Waals surface area contributed by atoms with Gasteiger partial charge in [-0.05, 0) is 55.0 Å². The van der Waals surface area contributed by atoms with E-state index in [1.165, 1.54) is 0 Å². The molecule has 1 aliphatic heterocycles. The Labute approximate surface area is 167 Å². The highest BCUT2D eigenvalue weighted by molar-refractivity contribution is 9.10. The standard InChI is InChI=1S/C17H26BrN5O4/c1-16(2,3)27-15(25)21-10-17(4)5-7-23(8-6-17)11-9-20-12(18)13(22-11)26-14(19)24/h9H,5-8,10H2,1-4H3,(H2,19,24)(H,21,25). The second-order valence-corrected chi connectivity index (χ2v) is 8.65. The molecule has 0 atom stereocenters. The zero-order valence-electron chi connectivity index (χ0n) is 16.0. The predicted molar refractivity (Wildman–Crippen MR) is 104 cm³/mol. The van der Waals surface area contributed by atoms with Crippen molar-refractivity contribution >= 4 is 33.9 Å². The van der Waals surface area contributed by atoms with Crippen molar-refractivity contribution in [1.29, 1.82) is 0 Å². The van der Waals surface area contributed by atoms with E-state index in [1.807, 2.05) is 20.8 Å². The van der Waals surface area contributed by atoms with E-state index in [1.54, 1.807) is 6.20 Å². The monoisotopic (exact) mass is 443 g/mol. The van der Waals surface area contributed by atoms with Crippen LogP contribution in [0, 0.1) is 5.41 Å². The van der Waals surface area contributed by atoms with Crippen LogP contribution in [0.25, 0.3) is 0 Å². The van der Waals surface area contributed by atoms with Crippen LogP contribution >= 0.6 is 15.9 Å². The van der Waals surface area contributed by atoms with Crippen molar-refractivity contribution in [3.05, 3.63) is 10.8 Å². The second-order valence-electron chi connectivity index (χ2n) is 7.90. The van der Waals surface area contributed by atoms with E-state index in [9.17, 15) is 9.59 Å².